The maximum Gasteiger partial charge on any atom is 0.425 e. The molecule has 2 saturated heterocycles. The van der Waals surface area contributed by atoms with Crippen LogP contribution >= 0.6 is 11.3 Å². The number of thiophene rings is 1. The molecule has 17 heteroatoms. The molecule has 2 aromatic rings. The number of hydrogen-bond donors (Lipinski definition) is 5. The van der Waals surface area contributed by atoms with Crippen molar-refractivity contribution in [3.05, 3.63) is 70.5 Å². The number of phenols is 1. The van der Waals surface area contributed by atoms with E-state index in [0.29, 0.717) is 54.7 Å². The second-order valence-corrected chi connectivity index (χ2v) is 14.7. The molecule has 1 aromatic heterocycles. The van der Waals surface area contributed by atoms with Gasteiger partial charge < -0.3 is 30.2 Å². The number of hydrogen-bond acceptors (Lipinski definition) is 8. The highest BCUT2D eigenvalue weighted by molar-refractivity contribution is 7.10. The van der Waals surface area contributed by atoms with Gasteiger partial charge in [0.15, 0.2) is 0 Å². The van der Waals surface area contributed by atoms with Crippen LogP contribution in [0.3, 0.4) is 0 Å². The van der Waals surface area contributed by atoms with E-state index in [1.54, 1.807) is 23.1 Å². The molecule has 0 radical (unpaired) electrons. The van der Waals surface area contributed by atoms with Gasteiger partial charge in [0.2, 0.25) is 5.91 Å². The summed E-state index contributed by atoms with van der Waals surface area (Å²) in [7, 11) is 0. The van der Waals surface area contributed by atoms with Gasteiger partial charge in [-0.3, -0.25) is 19.8 Å². The zero-order valence-electron chi connectivity index (χ0n) is 31.4. The molecule has 10 nitrogen and oxygen atoms in total. The molecule has 3 heterocycles. The number of carbonyl (C=O) groups is 3. The number of aliphatic hydroxyl groups is 1. The zero-order valence-corrected chi connectivity index (χ0v) is 32.2. The molecular formula is C39H51F6N3O7S. The highest BCUT2D eigenvalue weighted by atomic mass is 32.1. The number of nitrogens with one attached hydrogen (secondary N) is 1. The van der Waals surface area contributed by atoms with Crippen molar-refractivity contribution in [3.8, 4) is 11.5 Å². The predicted molar refractivity (Wildman–Crippen MR) is 200 cm³/mol. The van der Waals surface area contributed by atoms with Gasteiger partial charge in [-0.05, 0) is 50.2 Å². The lowest BCUT2D eigenvalue weighted by molar-refractivity contribution is -0.147. The predicted octanol–water partition coefficient (Wildman–Crippen LogP) is 8.67. The number of allylic oxidation sites excluding steroid dienone is 2. The summed E-state index contributed by atoms with van der Waals surface area (Å²) in [6.07, 6.45) is 0.604. The summed E-state index contributed by atoms with van der Waals surface area (Å²) in [5, 5.41) is 45.8. The molecule has 3 aliphatic rings. The molecule has 2 atom stereocenters. The molecule has 5 N–H and O–H groups in total. The molecule has 1 aromatic carbocycles. The van der Waals surface area contributed by atoms with Crippen LogP contribution in [0.4, 0.5) is 26.3 Å². The van der Waals surface area contributed by atoms with E-state index in [4.69, 9.17) is 20.4 Å². The van der Waals surface area contributed by atoms with E-state index in [0.717, 1.165) is 17.4 Å². The van der Waals surface area contributed by atoms with E-state index in [-0.39, 0.29) is 56.4 Å². The number of carbonyl (C=O) groups excluding carboxylic acids is 2. The Balaban J connectivity index is 0.000000461. The van der Waals surface area contributed by atoms with Crippen LogP contribution in [0.5, 0.6) is 11.5 Å². The average molecular weight is 820 g/mol. The largest absolute Gasteiger partial charge is 0.508 e. The average Bonchev–Trinajstić information content (AvgIpc) is 3.82. The SMILES string of the molecule is C=C/C=C(\C(=N)C(=O)N1CCCC(C(=O)N2CCC(O)(c3ccccc3O)CC2)C1CCC)C(F)(F)F.CC1CCCC1.O=CO.Oc1csc(C(F)(F)F)c1. The third-order valence-corrected chi connectivity index (χ3v) is 10.8. The molecule has 312 valence electrons. The maximum absolute atomic E-state index is 13.6. The molecule has 56 heavy (non-hydrogen) atoms. The molecule has 2 unspecified atom stereocenters. The van der Waals surface area contributed by atoms with E-state index in [1.807, 2.05) is 6.92 Å². The molecule has 5 rings (SSSR count). The van der Waals surface area contributed by atoms with Gasteiger partial charge in [0.25, 0.3) is 12.4 Å². The quantitative estimate of drug-likeness (QED) is 0.0808. The number of aromatic hydroxyl groups is 2. The van der Waals surface area contributed by atoms with Gasteiger partial charge in [0.1, 0.15) is 22.1 Å². The van der Waals surface area contributed by atoms with Crippen molar-refractivity contribution in [1.29, 1.82) is 5.41 Å². The summed E-state index contributed by atoms with van der Waals surface area (Å²) in [5.41, 5.74) is -3.39. The lowest BCUT2D eigenvalue weighted by Crippen LogP contribution is -2.56. The Morgan fingerprint density at radius 3 is 2.04 bits per heavy atom. The normalized spacial score (nSPS) is 19.9. The molecule has 2 amide bonds. The first-order chi connectivity index (χ1) is 26.2. The minimum Gasteiger partial charge on any atom is -0.508 e. The minimum absolute atomic E-state index is 0.0135. The van der Waals surface area contributed by atoms with Gasteiger partial charge in [-0.2, -0.15) is 26.3 Å². The summed E-state index contributed by atoms with van der Waals surface area (Å²) in [6, 6.07) is 6.61. The highest BCUT2D eigenvalue weighted by Crippen LogP contribution is 2.39. The Morgan fingerprint density at radius 1 is 1.02 bits per heavy atom. The monoisotopic (exact) mass is 819 g/mol. The number of alkyl halides is 6. The first kappa shape index (κ1) is 47.8. The number of piperidine rings is 2. The Kier molecular flexibility index (Phi) is 18.6. The molecule has 1 saturated carbocycles. The number of amides is 2. The van der Waals surface area contributed by atoms with Gasteiger partial charge in [-0.15, -0.1) is 11.3 Å². The number of phenolic OH excluding ortho intramolecular Hbond substituents is 1. The Bertz CT molecular complexity index is 1630. The van der Waals surface area contributed by atoms with Crippen LogP contribution in [-0.4, -0.2) is 86.1 Å². The smallest absolute Gasteiger partial charge is 0.425 e. The number of nitrogens with zero attached hydrogens (tertiary/aromatic N) is 2. The van der Waals surface area contributed by atoms with E-state index in [9.17, 15) is 46.1 Å². The van der Waals surface area contributed by atoms with Gasteiger partial charge in [0.05, 0.1) is 17.1 Å². The number of likely N-dealkylation sites (tertiary alicyclic amines) is 2. The van der Waals surface area contributed by atoms with Gasteiger partial charge >= 0.3 is 12.4 Å². The molecular weight excluding hydrogens is 768 g/mol. The summed E-state index contributed by atoms with van der Waals surface area (Å²) < 4.78 is 75.5. The van der Waals surface area contributed by atoms with Crippen LogP contribution in [0.1, 0.15) is 88.5 Å². The summed E-state index contributed by atoms with van der Waals surface area (Å²) in [6.45, 7) is 7.86. The fourth-order valence-electron chi connectivity index (χ4n) is 7.02. The topological polar surface area (TPSA) is 162 Å². The van der Waals surface area contributed by atoms with E-state index >= 15 is 0 Å². The van der Waals surface area contributed by atoms with Crippen molar-refractivity contribution in [1.82, 2.24) is 9.80 Å². The van der Waals surface area contributed by atoms with E-state index in [2.05, 4.69) is 13.5 Å². The van der Waals surface area contributed by atoms with Gasteiger partial charge in [-0.25, -0.2) is 0 Å². The number of rotatable bonds is 7. The highest BCUT2D eigenvalue weighted by Gasteiger charge is 2.45. The Labute approximate surface area is 326 Å². The maximum atomic E-state index is 13.6. The Hall–Kier alpha value is -4.38. The Morgan fingerprint density at radius 2 is 1.61 bits per heavy atom. The van der Waals surface area contributed by atoms with Crippen molar-refractivity contribution >= 4 is 35.3 Å². The molecule has 2 aliphatic heterocycles. The number of benzene rings is 1. The standard InChI is InChI=1S/C27H34F3N3O4.C6H12.C5H3F3OS.CH2O2/c1-3-8-20(27(28,29)30)23(31)25(36)33-15-7-10-18(21(33)9-4-2)24(35)32-16-13-26(37,14-17-32)19-11-5-6-12-22(19)34;1-6-4-2-3-5-6;6-5(7,8)4-1-3(9)2-10-4;2-1-3/h3,5-6,8,11-12,18,21,31,34,37H,1,4,7,9-10,13-17H2,2H3;6H,2-5H2,1H3;1-2,9H;1H,(H,2,3)/b20-8+,31-23?;;;. The fourth-order valence-corrected chi connectivity index (χ4v) is 7.66. The lowest BCUT2D eigenvalue weighted by atomic mass is 9.81. The lowest BCUT2D eigenvalue weighted by Gasteiger charge is -2.45. The van der Waals surface area contributed by atoms with Crippen LogP contribution in [0.25, 0.3) is 0 Å². The van der Waals surface area contributed by atoms with Crippen LogP contribution in [0, 0.1) is 17.2 Å². The summed E-state index contributed by atoms with van der Waals surface area (Å²) in [4.78, 5) is 37.2. The molecule has 0 bridgehead atoms. The second kappa shape index (κ2) is 21.8. The number of halogens is 6. The molecule has 3 fully saturated rings. The van der Waals surface area contributed by atoms with Crippen molar-refractivity contribution in [2.45, 2.75) is 102 Å². The molecule has 0 spiro atoms. The van der Waals surface area contributed by atoms with Crippen LogP contribution < -0.4 is 0 Å². The van der Waals surface area contributed by atoms with Crippen molar-refractivity contribution < 1.29 is 61.2 Å². The van der Waals surface area contributed by atoms with Crippen molar-refractivity contribution in [2.75, 3.05) is 19.6 Å². The second-order valence-electron chi connectivity index (χ2n) is 13.8. The van der Waals surface area contributed by atoms with Gasteiger partial charge in [0, 0.05) is 42.7 Å². The first-order valence-corrected chi connectivity index (χ1v) is 19.2. The fraction of sp³-hybridized carbons (Fsp3) is 0.538. The number of carboxylic acid groups (broad SMARTS) is 1. The number of para-hydroxylation sites is 1. The van der Waals surface area contributed by atoms with Crippen molar-refractivity contribution in [3.63, 3.8) is 0 Å². The minimum atomic E-state index is -4.88. The summed E-state index contributed by atoms with van der Waals surface area (Å²) >= 11 is 0.481. The first-order valence-electron chi connectivity index (χ1n) is 18.3. The van der Waals surface area contributed by atoms with Crippen LogP contribution in [0.15, 0.2) is 60.0 Å². The van der Waals surface area contributed by atoms with Crippen LogP contribution in [0.2, 0.25) is 0 Å². The van der Waals surface area contributed by atoms with Crippen LogP contribution in [-0.2, 0) is 26.2 Å². The van der Waals surface area contributed by atoms with E-state index in [1.165, 1.54) is 36.6 Å². The third kappa shape index (κ3) is 13.7. The van der Waals surface area contributed by atoms with E-state index < -0.39 is 52.0 Å². The summed E-state index contributed by atoms with van der Waals surface area (Å²) in [5.74, 6) is -1.17. The zero-order chi connectivity index (χ0) is 42.3. The van der Waals surface area contributed by atoms with Crippen molar-refractivity contribution in [2.24, 2.45) is 11.8 Å². The molecule has 1 aliphatic carbocycles. The third-order valence-electron chi connectivity index (χ3n) is 9.83. The van der Waals surface area contributed by atoms with Gasteiger partial charge in [-0.1, -0.05) is 76.8 Å².